The third-order valence-corrected chi connectivity index (χ3v) is 4.34. The first-order valence-corrected chi connectivity index (χ1v) is 7.02. The standard InChI is InChI=1S/C12H22O11/c13-3-11(20)7(16)6(15)5(22-11)1-2-10(19)8(17)9(18)12(21,4-14)23-10/h5-9,13-21H,1-4H2/t5-,6-,7+,8+,9+,10-,11-,12-/m1/s1. The summed E-state index contributed by atoms with van der Waals surface area (Å²) >= 11 is 0. The Balaban J connectivity index is 2.04. The van der Waals surface area contributed by atoms with Gasteiger partial charge in [0.2, 0.25) is 11.6 Å². The Morgan fingerprint density at radius 2 is 1.26 bits per heavy atom. The van der Waals surface area contributed by atoms with E-state index in [0.29, 0.717) is 0 Å². The second kappa shape index (κ2) is 6.13. The van der Waals surface area contributed by atoms with E-state index < -0.39 is 67.5 Å². The Bertz CT molecular complexity index is 435. The van der Waals surface area contributed by atoms with Gasteiger partial charge in [0, 0.05) is 6.42 Å². The average Bonchev–Trinajstić information content (AvgIpc) is 2.85. The van der Waals surface area contributed by atoms with Crippen molar-refractivity contribution >= 4 is 0 Å². The third-order valence-electron chi connectivity index (χ3n) is 4.34. The van der Waals surface area contributed by atoms with Crippen molar-refractivity contribution in [2.75, 3.05) is 13.2 Å². The molecule has 0 aromatic carbocycles. The summed E-state index contributed by atoms with van der Waals surface area (Å²) in [7, 11) is 0. The largest absolute Gasteiger partial charge is 0.391 e. The van der Waals surface area contributed by atoms with Crippen molar-refractivity contribution < 1.29 is 55.4 Å². The molecule has 0 spiro atoms. The van der Waals surface area contributed by atoms with E-state index in [1.807, 2.05) is 0 Å². The molecule has 0 aromatic heterocycles. The molecule has 0 amide bonds. The van der Waals surface area contributed by atoms with Crippen molar-refractivity contribution in [1.29, 1.82) is 0 Å². The van der Waals surface area contributed by atoms with Gasteiger partial charge in [-0.1, -0.05) is 0 Å². The maximum absolute atomic E-state index is 10.2. The van der Waals surface area contributed by atoms with Crippen LogP contribution in [0.25, 0.3) is 0 Å². The van der Waals surface area contributed by atoms with Gasteiger partial charge in [0.05, 0.1) is 19.3 Å². The van der Waals surface area contributed by atoms with Crippen molar-refractivity contribution in [1.82, 2.24) is 0 Å². The summed E-state index contributed by atoms with van der Waals surface area (Å²) in [4.78, 5) is 0. The molecule has 2 heterocycles. The lowest BCUT2D eigenvalue weighted by Gasteiger charge is -2.28. The number of hydrogen-bond acceptors (Lipinski definition) is 11. The SMILES string of the molecule is OC[C@@]1(O)O[C@H](CC[C@@]2(O)O[C@](O)(CO)[C@@H](O)[C@@H]2O)[C@@H](O)[C@@H]1O. The quantitative estimate of drug-likeness (QED) is 0.231. The number of ether oxygens (including phenoxy) is 2. The molecular weight excluding hydrogens is 320 g/mol. The zero-order valence-corrected chi connectivity index (χ0v) is 12.1. The highest BCUT2D eigenvalue weighted by Crippen LogP contribution is 2.40. The minimum atomic E-state index is -2.56. The molecule has 2 saturated heterocycles. The Labute approximate surface area is 130 Å². The van der Waals surface area contributed by atoms with Gasteiger partial charge in [0.1, 0.15) is 24.4 Å². The van der Waals surface area contributed by atoms with Crippen LogP contribution in [0, 0.1) is 0 Å². The zero-order valence-electron chi connectivity index (χ0n) is 12.1. The van der Waals surface area contributed by atoms with Crippen LogP contribution in [-0.2, 0) is 9.47 Å². The molecule has 0 unspecified atom stereocenters. The highest BCUT2D eigenvalue weighted by Gasteiger charge is 2.61. The van der Waals surface area contributed by atoms with Crippen molar-refractivity contribution in [2.45, 2.75) is 60.7 Å². The normalized spacial score (nSPS) is 53.9. The molecule has 0 saturated carbocycles. The van der Waals surface area contributed by atoms with Crippen molar-refractivity contribution in [3.8, 4) is 0 Å². The minimum absolute atomic E-state index is 0.275. The fourth-order valence-electron chi connectivity index (χ4n) is 2.83. The van der Waals surface area contributed by atoms with Crippen molar-refractivity contribution in [2.24, 2.45) is 0 Å². The highest BCUT2D eigenvalue weighted by atomic mass is 16.7. The summed E-state index contributed by atoms with van der Waals surface area (Å²) < 4.78 is 9.71. The molecule has 2 aliphatic heterocycles. The molecule has 11 nitrogen and oxygen atoms in total. The van der Waals surface area contributed by atoms with Gasteiger partial charge < -0.3 is 55.4 Å². The second-order valence-electron chi connectivity index (χ2n) is 5.97. The number of aliphatic hydroxyl groups is 9. The molecule has 2 aliphatic rings. The Morgan fingerprint density at radius 1 is 0.739 bits per heavy atom. The molecule has 2 fully saturated rings. The van der Waals surface area contributed by atoms with Crippen LogP contribution >= 0.6 is 0 Å². The molecule has 0 radical (unpaired) electrons. The van der Waals surface area contributed by atoms with Crippen LogP contribution in [0.4, 0.5) is 0 Å². The Morgan fingerprint density at radius 3 is 1.70 bits per heavy atom. The molecule has 11 heteroatoms. The van der Waals surface area contributed by atoms with Crippen LogP contribution in [0.1, 0.15) is 12.8 Å². The van der Waals surface area contributed by atoms with Gasteiger partial charge in [-0.15, -0.1) is 0 Å². The Kier molecular flexibility index (Phi) is 5.03. The number of rotatable bonds is 5. The van der Waals surface area contributed by atoms with Crippen LogP contribution in [0.2, 0.25) is 0 Å². The van der Waals surface area contributed by atoms with Crippen molar-refractivity contribution in [3.05, 3.63) is 0 Å². The zero-order chi connectivity index (χ0) is 17.6. The first-order valence-electron chi connectivity index (χ1n) is 7.02. The Hall–Kier alpha value is -0.440. The van der Waals surface area contributed by atoms with Crippen LogP contribution in [0.5, 0.6) is 0 Å². The topological polar surface area (TPSA) is 201 Å². The molecule has 9 N–H and O–H groups in total. The molecular formula is C12H22O11. The van der Waals surface area contributed by atoms with E-state index in [1.165, 1.54) is 0 Å². The third kappa shape index (κ3) is 2.99. The number of aliphatic hydroxyl groups excluding tert-OH is 6. The van der Waals surface area contributed by atoms with Crippen LogP contribution in [0.3, 0.4) is 0 Å². The maximum atomic E-state index is 10.2. The molecule has 23 heavy (non-hydrogen) atoms. The average molecular weight is 342 g/mol. The van der Waals surface area contributed by atoms with E-state index in [-0.39, 0.29) is 6.42 Å². The van der Waals surface area contributed by atoms with E-state index in [4.69, 9.17) is 19.7 Å². The second-order valence-corrected chi connectivity index (χ2v) is 5.97. The van der Waals surface area contributed by atoms with Crippen LogP contribution in [0.15, 0.2) is 0 Å². The smallest absolute Gasteiger partial charge is 0.221 e. The van der Waals surface area contributed by atoms with E-state index in [1.54, 1.807) is 0 Å². The summed E-state index contributed by atoms with van der Waals surface area (Å²) in [5, 5.41) is 86.4. The molecule has 2 rings (SSSR count). The summed E-state index contributed by atoms with van der Waals surface area (Å²) in [6.07, 6.45) is -9.29. The fourth-order valence-corrected chi connectivity index (χ4v) is 2.83. The van der Waals surface area contributed by atoms with E-state index >= 15 is 0 Å². The lowest BCUT2D eigenvalue weighted by Crippen LogP contribution is -2.46. The monoisotopic (exact) mass is 342 g/mol. The summed E-state index contributed by atoms with van der Waals surface area (Å²) in [5.74, 6) is -7.38. The summed E-state index contributed by atoms with van der Waals surface area (Å²) in [6, 6.07) is 0. The lowest BCUT2D eigenvalue weighted by atomic mass is 9.96. The predicted molar refractivity (Wildman–Crippen MR) is 68.2 cm³/mol. The number of hydrogen-bond donors (Lipinski definition) is 9. The minimum Gasteiger partial charge on any atom is -0.391 e. The fraction of sp³-hybridized carbons (Fsp3) is 1.00. The first kappa shape index (κ1) is 18.9. The van der Waals surface area contributed by atoms with Gasteiger partial charge in [0.25, 0.3) is 0 Å². The predicted octanol–water partition coefficient (Wildman–Crippen LogP) is -5.31. The van der Waals surface area contributed by atoms with Gasteiger partial charge in [-0.3, -0.25) is 0 Å². The van der Waals surface area contributed by atoms with E-state index in [9.17, 15) is 35.7 Å². The highest BCUT2D eigenvalue weighted by molar-refractivity contribution is 5.01. The lowest BCUT2D eigenvalue weighted by molar-refractivity contribution is -0.320. The van der Waals surface area contributed by atoms with Crippen LogP contribution < -0.4 is 0 Å². The molecule has 0 bridgehead atoms. The maximum Gasteiger partial charge on any atom is 0.221 e. The first-order chi connectivity index (χ1) is 10.5. The van der Waals surface area contributed by atoms with Gasteiger partial charge >= 0.3 is 0 Å². The van der Waals surface area contributed by atoms with Crippen LogP contribution in [-0.4, -0.2) is 107 Å². The summed E-state index contributed by atoms with van der Waals surface area (Å²) in [6.45, 7) is -2.06. The van der Waals surface area contributed by atoms with E-state index in [2.05, 4.69) is 0 Å². The molecule has 8 atom stereocenters. The summed E-state index contributed by atoms with van der Waals surface area (Å²) in [5.41, 5.74) is 0. The molecule has 136 valence electrons. The van der Waals surface area contributed by atoms with Crippen molar-refractivity contribution in [3.63, 3.8) is 0 Å². The molecule has 0 aliphatic carbocycles. The van der Waals surface area contributed by atoms with E-state index in [0.717, 1.165) is 0 Å². The van der Waals surface area contributed by atoms with Gasteiger partial charge in [-0.05, 0) is 6.42 Å². The van der Waals surface area contributed by atoms with Gasteiger partial charge in [-0.25, -0.2) is 0 Å². The van der Waals surface area contributed by atoms with Gasteiger partial charge in [-0.2, -0.15) is 0 Å². The molecule has 0 aromatic rings. The van der Waals surface area contributed by atoms with Gasteiger partial charge in [0.15, 0.2) is 5.79 Å².